The molecule has 0 bridgehead atoms. The molecular weight excluding hydrogens is 310 g/mol. The van der Waals surface area contributed by atoms with Crippen molar-refractivity contribution in [1.82, 2.24) is 0 Å². The number of carbonyl (C=O) groups excluding carboxylic acids is 1. The first-order chi connectivity index (χ1) is 11.2. The van der Waals surface area contributed by atoms with E-state index in [-0.39, 0.29) is 12.5 Å². The maximum Gasteiger partial charge on any atom is 0.265 e. The third-order valence-electron chi connectivity index (χ3n) is 4.07. The van der Waals surface area contributed by atoms with Gasteiger partial charge in [0, 0.05) is 5.02 Å². The van der Waals surface area contributed by atoms with Gasteiger partial charge in [-0.15, -0.1) is 0 Å². The van der Waals surface area contributed by atoms with Gasteiger partial charge in [0.25, 0.3) is 5.91 Å². The van der Waals surface area contributed by atoms with Crippen molar-refractivity contribution in [2.45, 2.75) is 6.54 Å². The summed E-state index contributed by atoms with van der Waals surface area (Å²) in [4.78, 5) is 14.1. The lowest BCUT2D eigenvalue weighted by atomic mass is 10.0. The fourth-order valence-electron chi connectivity index (χ4n) is 2.95. The van der Waals surface area contributed by atoms with Crippen LogP contribution in [0.3, 0.4) is 0 Å². The van der Waals surface area contributed by atoms with Gasteiger partial charge in [-0.05, 0) is 34.5 Å². The van der Waals surface area contributed by atoms with Crippen LogP contribution in [-0.4, -0.2) is 12.5 Å². The zero-order valence-corrected chi connectivity index (χ0v) is 13.1. The fourth-order valence-corrected chi connectivity index (χ4v) is 3.12. The largest absolute Gasteiger partial charge is 0.482 e. The van der Waals surface area contributed by atoms with E-state index in [1.165, 1.54) is 0 Å². The Morgan fingerprint density at radius 2 is 1.87 bits per heavy atom. The first-order valence-electron chi connectivity index (χ1n) is 7.42. The van der Waals surface area contributed by atoms with Crippen LogP contribution < -0.4 is 9.64 Å². The molecule has 114 valence electrons. The Morgan fingerprint density at radius 1 is 1.04 bits per heavy atom. The fraction of sp³-hybridized carbons (Fsp3) is 0.105. The number of nitrogens with zero attached hydrogens (tertiary/aromatic N) is 1. The van der Waals surface area contributed by atoms with Gasteiger partial charge in [-0.1, -0.05) is 54.1 Å². The SMILES string of the molecule is O=C1COc2ccc(Cl)cc2N1Cc1cccc2ccccc12. The number of rotatable bonds is 2. The Hall–Kier alpha value is -2.52. The van der Waals surface area contributed by atoms with Gasteiger partial charge in [0.15, 0.2) is 6.61 Å². The number of benzene rings is 3. The molecule has 0 aromatic heterocycles. The Morgan fingerprint density at radius 3 is 2.78 bits per heavy atom. The summed E-state index contributed by atoms with van der Waals surface area (Å²) in [5.41, 5.74) is 1.82. The molecule has 3 aromatic rings. The van der Waals surface area contributed by atoms with E-state index in [1.807, 2.05) is 18.2 Å². The van der Waals surface area contributed by atoms with E-state index >= 15 is 0 Å². The number of anilines is 1. The first kappa shape index (κ1) is 14.1. The first-order valence-corrected chi connectivity index (χ1v) is 7.79. The molecule has 23 heavy (non-hydrogen) atoms. The molecule has 3 nitrogen and oxygen atoms in total. The highest BCUT2D eigenvalue weighted by molar-refractivity contribution is 6.31. The van der Waals surface area contributed by atoms with Gasteiger partial charge in [-0.2, -0.15) is 0 Å². The Bertz CT molecular complexity index is 902. The smallest absolute Gasteiger partial charge is 0.265 e. The quantitative estimate of drug-likeness (QED) is 0.698. The summed E-state index contributed by atoms with van der Waals surface area (Å²) in [5, 5.41) is 2.90. The van der Waals surface area contributed by atoms with Crippen molar-refractivity contribution in [3.05, 3.63) is 71.2 Å². The van der Waals surface area contributed by atoms with Crippen molar-refractivity contribution < 1.29 is 9.53 Å². The van der Waals surface area contributed by atoms with Crippen LogP contribution in [0, 0.1) is 0 Å². The summed E-state index contributed by atoms with van der Waals surface area (Å²) >= 11 is 6.09. The summed E-state index contributed by atoms with van der Waals surface area (Å²) < 4.78 is 5.50. The molecule has 0 radical (unpaired) electrons. The summed E-state index contributed by atoms with van der Waals surface area (Å²) in [7, 11) is 0. The average molecular weight is 324 g/mol. The number of hydrogen-bond acceptors (Lipinski definition) is 2. The molecule has 0 atom stereocenters. The summed E-state index contributed by atoms with van der Waals surface area (Å²) in [6.07, 6.45) is 0. The molecule has 0 saturated heterocycles. The number of ether oxygens (including phenoxy) is 1. The van der Waals surface area contributed by atoms with E-state index in [4.69, 9.17) is 16.3 Å². The number of halogens is 1. The third-order valence-corrected chi connectivity index (χ3v) is 4.31. The summed E-state index contributed by atoms with van der Waals surface area (Å²) in [5.74, 6) is 0.627. The number of carbonyl (C=O) groups is 1. The van der Waals surface area contributed by atoms with Gasteiger partial charge < -0.3 is 9.64 Å². The van der Waals surface area contributed by atoms with Crippen LogP contribution in [0.15, 0.2) is 60.7 Å². The van der Waals surface area contributed by atoms with Crippen molar-refractivity contribution in [3.8, 4) is 5.75 Å². The molecule has 0 N–H and O–H groups in total. The molecule has 4 rings (SSSR count). The van der Waals surface area contributed by atoms with E-state index in [0.717, 1.165) is 22.0 Å². The topological polar surface area (TPSA) is 29.5 Å². The second-order valence-corrected chi connectivity index (χ2v) is 5.96. The van der Waals surface area contributed by atoms with E-state index in [2.05, 4.69) is 24.3 Å². The molecule has 4 heteroatoms. The van der Waals surface area contributed by atoms with Crippen molar-refractivity contribution >= 4 is 34.0 Å². The highest BCUT2D eigenvalue weighted by Crippen LogP contribution is 2.36. The van der Waals surface area contributed by atoms with Crippen molar-refractivity contribution in [2.75, 3.05) is 11.5 Å². The lowest BCUT2D eigenvalue weighted by Crippen LogP contribution is -2.38. The van der Waals surface area contributed by atoms with Crippen LogP contribution in [0.4, 0.5) is 5.69 Å². The Labute approximate surface area is 139 Å². The van der Waals surface area contributed by atoms with Crippen molar-refractivity contribution in [3.63, 3.8) is 0 Å². The molecular formula is C19H14ClNO2. The van der Waals surface area contributed by atoms with E-state index in [1.54, 1.807) is 23.1 Å². The van der Waals surface area contributed by atoms with E-state index < -0.39 is 0 Å². The zero-order chi connectivity index (χ0) is 15.8. The van der Waals surface area contributed by atoms with Crippen molar-refractivity contribution in [2.24, 2.45) is 0 Å². The Kier molecular flexibility index (Phi) is 3.43. The predicted octanol–water partition coefficient (Wildman–Crippen LogP) is 4.42. The van der Waals surface area contributed by atoms with Gasteiger partial charge >= 0.3 is 0 Å². The summed E-state index contributed by atoms with van der Waals surface area (Å²) in [6, 6.07) is 19.7. The van der Waals surface area contributed by atoms with Crippen LogP contribution in [0.25, 0.3) is 10.8 Å². The molecule has 0 fully saturated rings. The molecule has 1 aliphatic rings. The standard InChI is InChI=1S/C19H14ClNO2/c20-15-8-9-18-17(10-15)21(19(22)12-23-18)11-14-6-3-5-13-4-1-2-7-16(13)14/h1-10H,11-12H2. The molecule has 0 unspecified atom stereocenters. The van der Waals surface area contributed by atoms with Gasteiger partial charge in [0.2, 0.25) is 0 Å². The van der Waals surface area contributed by atoms with Crippen LogP contribution in [0.1, 0.15) is 5.56 Å². The molecule has 0 aliphatic carbocycles. The maximum absolute atomic E-state index is 12.4. The van der Waals surface area contributed by atoms with Crippen molar-refractivity contribution in [1.29, 1.82) is 0 Å². The number of fused-ring (bicyclic) bond motifs is 2. The van der Waals surface area contributed by atoms with Crippen LogP contribution in [0.5, 0.6) is 5.75 Å². The second-order valence-electron chi connectivity index (χ2n) is 5.52. The number of amides is 1. The molecule has 3 aromatic carbocycles. The highest BCUT2D eigenvalue weighted by atomic mass is 35.5. The zero-order valence-electron chi connectivity index (χ0n) is 12.3. The average Bonchev–Trinajstić information content (AvgIpc) is 2.58. The minimum Gasteiger partial charge on any atom is -0.482 e. The molecule has 1 heterocycles. The lowest BCUT2D eigenvalue weighted by molar-refractivity contribution is -0.121. The highest BCUT2D eigenvalue weighted by Gasteiger charge is 2.26. The second kappa shape index (κ2) is 5.60. The van der Waals surface area contributed by atoms with Gasteiger partial charge in [-0.25, -0.2) is 0 Å². The van der Waals surface area contributed by atoms with Crippen LogP contribution in [-0.2, 0) is 11.3 Å². The summed E-state index contributed by atoms with van der Waals surface area (Å²) in [6.45, 7) is 0.552. The monoisotopic (exact) mass is 323 g/mol. The van der Waals surface area contributed by atoms with Crippen LogP contribution >= 0.6 is 11.6 Å². The normalized spacial score (nSPS) is 13.8. The maximum atomic E-state index is 12.4. The van der Waals surface area contributed by atoms with E-state index in [9.17, 15) is 4.79 Å². The molecule has 1 amide bonds. The van der Waals surface area contributed by atoms with Gasteiger partial charge in [0.1, 0.15) is 5.75 Å². The molecule has 0 spiro atoms. The van der Waals surface area contributed by atoms with Crippen LogP contribution in [0.2, 0.25) is 5.02 Å². The minimum atomic E-state index is -0.0623. The van der Waals surface area contributed by atoms with E-state index in [0.29, 0.717) is 17.3 Å². The van der Waals surface area contributed by atoms with Gasteiger partial charge in [0.05, 0.1) is 12.2 Å². The lowest BCUT2D eigenvalue weighted by Gasteiger charge is -2.30. The number of hydrogen-bond donors (Lipinski definition) is 0. The third kappa shape index (κ3) is 2.53. The van der Waals surface area contributed by atoms with Gasteiger partial charge in [-0.3, -0.25) is 4.79 Å². The molecule has 0 saturated carbocycles. The molecule has 1 aliphatic heterocycles. The minimum absolute atomic E-state index is 0.0550. The predicted molar refractivity (Wildman–Crippen MR) is 92.1 cm³/mol. The Balaban J connectivity index is 1.79.